The van der Waals surface area contributed by atoms with Crippen LogP contribution >= 0.6 is 9.24 Å². The van der Waals surface area contributed by atoms with E-state index in [1.165, 1.54) is 31.8 Å². The molecule has 0 nitrogen and oxygen atoms in total. The Hall–Kier alpha value is 0.495. The van der Waals surface area contributed by atoms with Gasteiger partial charge < -0.3 is 0 Å². The van der Waals surface area contributed by atoms with Crippen molar-refractivity contribution in [1.29, 1.82) is 0 Å². The molecule has 3 radical (unpaired) electrons. The third-order valence-electron chi connectivity index (χ3n) is 1.06. The van der Waals surface area contributed by atoms with E-state index in [2.05, 4.69) is 16.2 Å². The second-order valence-corrected chi connectivity index (χ2v) is 2.43. The van der Waals surface area contributed by atoms with Crippen molar-refractivity contribution in [3.8, 4) is 0 Å². The zero-order valence-corrected chi connectivity index (χ0v) is 6.84. The average molecular weight is 129 g/mol. The molecule has 1 atom stereocenters. The van der Waals surface area contributed by atoms with Gasteiger partial charge in [0, 0.05) is 8.41 Å². The molecule has 0 aromatic carbocycles. The Kier molecular flexibility index (Phi) is 14.8. The lowest BCUT2D eigenvalue weighted by molar-refractivity contribution is 0.706. The molecule has 0 fully saturated rings. The zero-order valence-electron chi connectivity index (χ0n) is 5.69. The first-order chi connectivity index (χ1) is 3.41. The molecule has 0 N–H and O–H groups in total. The summed E-state index contributed by atoms with van der Waals surface area (Å²) in [5, 5.41) is 0. The summed E-state index contributed by atoms with van der Waals surface area (Å²) in [5.74, 6) is 0. The second-order valence-electron chi connectivity index (χ2n) is 1.85. The van der Waals surface area contributed by atoms with Gasteiger partial charge in [0.15, 0.2) is 0 Å². The van der Waals surface area contributed by atoms with Crippen LogP contribution in [0.4, 0.5) is 0 Å². The number of rotatable bonds is 4. The molecule has 2 heteroatoms. The lowest BCUT2D eigenvalue weighted by Gasteiger charge is -1.90. The molecule has 47 valence electrons. The molecule has 0 aromatic heterocycles. The Morgan fingerprint density at radius 2 is 1.75 bits per heavy atom. The third-order valence-corrected chi connectivity index (χ3v) is 1.47. The summed E-state index contributed by atoms with van der Waals surface area (Å²) in [5.41, 5.74) is 0. The summed E-state index contributed by atoms with van der Waals surface area (Å²) in [6.45, 7) is 2.24. The molecule has 0 aliphatic carbocycles. The van der Waals surface area contributed by atoms with Gasteiger partial charge in [0.05, 0.1) is 0 Å². The van der Waals surface area contributed by atoms with E-state index in [0.717, 1.165) is 0 Å². The van der Waals surface area contributed by atoms with Crippen molar-refractivity contribution in [1.82, 2.24) is 0 Å². The van der Waals surface area contributed by atoms with Gasteiger partial charge in [-0.1, -0.05) is 26.2 Å². The van der Waals surface area contributed by atoms with Gasteiger partial charge >= 0.3 is 0 Å². The molecule has 0 spiro atoms. The molecular weight excluding hydrogens is 114 g/mol. The summed E-state index contributed by atoms with van der Waals surface area (Å²) in [6.07, 6.45) is 6.84. The van der Waals surface area contributed by atoms with Crippen molar-refractivity contribution in [2.75, 3.05) is 6.16 Å². The predicted octanol–water partition coefficient (Wildman–Crippen LogP) is 2.06. The van der Waals surface area contributed by atoms with Gasteiger partial charge in [-0.15, -0.1) is 9.24 Å². The van der Waals surface area contributed by atoms with E-state index in [1.54, 1.807) is 0 Å². The van der Waals surface area contributed by atoms with Crippen LogP contribution in [0.15, 0.2) is 0 Å². The Labute approximate surface area is 57.2 Å². The van der Waals surface area contributed by atoms with Gasteiger partial charge in [0.1, 0.15) is 0 Å². The molecule has 0 bridgehead atoms. The Morgan fingerprint density at radius 3 is 2.12 bits per heavy atom. The number of unbranched alkanes of at least 4 members (excludes halogenated alkanes) is 3. The normalized spacial score (nSPS) is 8.25. The van der Waals surface area contributed by atoms with Crippen molar-refractivity contribution < 1.29 is 0 Å². The molecule has 0 saturated carbocycles. The third kappa shape index (κ3) is 9.71. The van der Waals surface area contributed by atoms with Crippen LogP contribution in [0.1, 0.15) is 32.6 Å². The molecular formula is C6H15BP. The fraction of sp³-hybridized carbons (Fsp3) is 1.00. The van der Waals surface area contributed by atoms with E-state index >= 15 is 0 Å². The van der Waals surface area contributed by atoms with E-state index in [-0.39, 0.29) is 8.41 Å². The molecule has 0 aliphatic rings. The highest BCUT2D eigenvalue weighted by Gasteiger charge is 1.80. The van der Waals surface area contributed by atoms with Crippen LogP contribution in [0, 0.1) is 0 Å². The lowest BCUT2D eigenvalue weighted by atomic mass is 10.2. The highest BCUT2D eigenvalue weighted by molar-refractivity contribution is 7.16. The smallest absolute Gasteiger partial charge is 0 e. The highest BCUT2D eigenvalue weighted by Crippen LogP contribution is 2.00. The summed E-state index contributed by atoms with van der Waals surface area (Å²) in [7, 11) is 2.75. The van der Waals surface area contributed by atoms with Crippen LogP contribution in [0.2, 0.25) is 0 Å². The number of hydrogen-bond acceptors (Lipinski definition) is 0. The fourth-order valence-corrected chi connectivity index (χ4v) is 0.860. The molecule has 0 aromatic rings. The minimum atomic E-state index is 0. The highest BCUT2D eigenvalue weighted by atomic mass is 31.0. The maximum Gasteiger partial charge on any atom is 0 e. The molecule has 1 unspecified atom stereocenters. The largest absolute Gasteiger partial charge is 0.138 e. The van der Waals surface area contributed by atoms with E-state index in [0.29, 0.717) is 0 Å². The molecule has 0 amide bonds. The first-order valence-electron chi connectivity index (χ1n) is 3.12. The SMILES string of the molecule is CCCCCCP.[B]. The van der Waals surface area contributed by atoms with Gasteiger partial charge in [0.25, 0.3) is 0 Å². The summed E-state index contributed by atoms with van der Waals surface area (Å²) >= 11 is 0. The van der Waals surface area contributed by atoms with Crippen LogP contribution < -0.4 is 0 Å². The number of hydrogen-bond donors (Lipinski definition) is 0. The van der Waals surface area contributed by atoms with Crippen molar-refractivity contribution in [2.24, 2.45) is 0 Å². The summed E-state index contributed by atoms with van der Waals surface area (Å²) in [6, 6.07) is 0. The van der Waals surface area contributed by atoms with Gasteiger partial charge in [-0.05, 0) is 12.6 Å². The predicted molar refractivity (Wildman–Crippen MR) is 44.5 cm³/mol. The quantitative estimate of drug-likeness (QED) is 0.309. The van der Waals surface area contributed by atoms with E-state index < -0.39 is 0 Å². The van der Waals surface area contributed by atoms with Crippen molar-refractivity contribution >= 4 is 17.7 Å². The topological polar surface area (TPSA) is 0 Å². The average Bonchev–Trinajstić information content (AvgIpc) is 1.69. The Bertz CT molecular complexity index is 27.7. The first kappa shape index (κ1) is 11.3. The lowest BCUT2D eigenvalue weighted by Crippen LogP contribution is -1.73. The van der Waals surface area contributed by atoms with Crippen LogP contribution in [-0.2, 0) is 0 Å². The van der Waals surface area contributed by atoms with Crippen LogP contribution in [0.25, 0.3) is 0 Å². The molecule has 0 aliphatic heterocycles. The molecule has 0 heterocycles. The minimum absolute atomic E-state index is 0. The maximum absolute atomic E-state index is 2.75. The van der Waals surface area contributed by atoms with Gasteiger partial charge in [-0.25, -0.2) is 0 Å². The first-order valence-corrected chi connectivity index (χ1v) is 3.93. The molecule has 0 rings (SSSR count). The minimum Gasteiger partial charge on any atom is -0.138 e. The van der Waals surface area contributed by atoms with Crippen molar-refractivity contribution in [2.45, 2.75) is 32.6 Å². The molecule has 8 heavy (non-hydrogen) atoms. The maximum atomic E-state index is 2.75. The monoisotopic (exact) mass is 129 g/mol. The van der Waals surface area contributed by atoms with Crippen molar-refractivity contribution in [3.05, 3.63) is 0 Å². The summed E-state index contributed by atoms with van der Waals surface area (Å²) < 4.78 is 0. The molecule has 0 saturated heterocycles. The Morgan fingerprint density at radius 1 is 1.12 bits per heavy atom. The Balaban J connectivity index is 0. The zero-order chi connectivity index (χ0) is 5.54. The van der Waals surface area contributed by atoms with E-state index in [1.807, 2.05) is 0 Å². The van der Waals surface area contributed by atoms with Gasteiger partial charge in [-0.2, -0.15) is 0 Å². The van der Waals surface area contributed by atoms with Crippen LogP contribution in [-0.4, -0.2) is 14.6 Å². The fourth-order valence-electron chi connectivity index (χ4n) is 0.571. The van der Waals surface area contributed by atoms with Crippen LogP contribution in [0.3, 0.4) is 0 Å². The van der Waals surface area contributed by atoms with Gasteiger partial charge in [0.2, 0.25) is 0 Å². The second kappa shape index (κ2) is 10.5. The van der Waals surface area contributed by atoms with Crippen molar-refractivity contribution in [3.63, 3.8) is 0 Å². The summed E-state index contributed by atoms with van der Waals surface area (Å²) in [4.78, 5) is 0. The van der Waals surface area contributed by atoms with E-state index in [9.17, 15) is 0 Å². The standard InChI is InChI=1S/C6H15P.B/c1-2-3-4-5-6-7;/h2-7H2,1H3;. The van der Waals surface area contributed by atoms with E-state index in [4.69, 9.17) is 0 Å². The van der Waals surface area contributed by atoms with Crippen LogP contribution in [0.5, 0.6) is 0 Å². The van der Waals surface area contributed by atoms with Gasteiger partial charge in [-0.3, -0.25) is 0 Å².